The molecule has 0 bridgehead atoms. The standard InChI is InChI=1S/C15H22O4S/c1-11(2)19-13-7-5-6-12(10-13)15(16)14-8-3-4-9-20(14,17)18/h5-7,10-11,14-16H,3-4,8-9H2,1-2H3. The lowest BCUT2D eigenvalue weighted by atomic mass is 10.0. The van der Waals surface area contributed by atoms with Crippen molar-refractivity contribution in [1.29, 1.82) is 0 Å². The summed E-state index contributed by atoms with van der Waals surface area (Å²) in [6.07, 6.45) is 1.14. The summed E-state index contributed by atoms with van der Waals surface area (Å²) in [6.45, 7) is 3.85. The zero-order valence-electron chi connectivity index (χ0n) is 12.0. The van der Waals surface area contributed by atoms with Crippen molar-refractivity contribution < 1.29 is 18.3 Å². The summed E-state index contributed by atoms with van der Waals surface area (Å²) in [4.78, 5) is 0. The van der Waals surface area contributed by atoms with E-state index in [1.807, 2.05) is 19.9 Å². The van der Waals surface area contributed by atoms with E-state index in [2.05, 4.69) is 0 Å². The summed E-state index contributed by atoms with van der Waals surface area (Å²) in [5, 5.41) is 9.72. The van der Waals surface area contributed by atoms with Crippen LogP contribution in [0, 0.1) is 0 Å². The highest BCUT2D eigenvalue weighted by Crippen LogP contribution is 2.32. The van der Waals surface area contributed by atoms with Gasteiger partial charge in [0.15, 0.2) is 9.84 Å². The summed E-state index contributed by atoms with van der Waals surface area (Å²) >= 11 is 0. The topological polar surface area (TPSA) is 63.6 Å². The number of rotatable bonds is 4. The first-order valence-corrected chi connectivity index (χ1v) is 8.78. The molecule has 1 aliphatic rings. The Morgan fingerprint density at radius 1 is 1.30 bits per heavy atom. The summed E-state index contributed by atoms with van der Waals surface area (Å²) in [5.41, 5.74) is 0.610. The molecule has 1 saturated heterocycles. The second-order valence-electron chi connectivity index (χ2n) is 5.59. The van der Waals surface area contributed by atoms with Crippen molar-refractivity contribution in [2.75, 3.05) is 5.75 Å². The molecule has 2 unspecified atom stereocenters. The van der Waals surface area contributed by atoms with Crippen molar-refractivity contribution >= 4 is 9.84 Å². The molecule has 0 aromatic heterocycles. The van der Waals surface area contributed by atoms with Crippen LogP contribution in [0.2, 0.25) is 0 Å². The fourth-order valence-electron chi connectivity index (χ4n) is 2.59. The molecule has 5 heteroatoms. The van der Waals surface area contributed by atoms with Crippen LogP contribution in [0.5, 0.6) is 5.75 Å². The molecule has 20 heavy (non-hydrogen) atoms. The minimum atomic E-state index is -3.20. The van der Waals surface area contributed by atoms with Crippen LogP contribution in [0.25, 0.3) is 0 Å². The number of sulfone groups is 1. The van der Waals surface area contributed by atoms with Crippen molar-refractivity contribution in [2.45, 2.75) is 50.6 Å². The van der Waals surface area contributed by atoms with E-state index in [-0.39, 0.29) is 11.9 Å². The minimum Gasteiger partial charge on any atom is -0.491 e. The van der Waals surface area contributed by atoms with Crippen molar-refractivity contribution in [3.63, 3.8) is 0 Å². The number of ether oxygens (including phenoxy) is 1. The van der Waals surface area contributed by atoms with E-state index in [9.17, 15) is 13.5 Å². The first-order chi connectivity index (χ1) is 9.40. The van der Waals surface area contributed by atoms with Gasteiger partial charge >= 0.3 is 0 Å². The zero-order chi connectivity index (χ0) is 14.8. The summed E-state index contributed by atoms with van der Waals surface area (Å²) in [6, 6.07) is 7.08. The molecule has 1 fully saturated rings. The predicted octanol–water partition coefficient (Wildman–Crippen LogP) is 2.47. The van der Waals surface area contributed by atoms with Gasteiger partial charge in [-0.05, 0) is 44.4 Å². The van der Waals surface area contributed by atoms with Crippen LogP contribution in [-0.2, 0) is 9.84 Å². The highest BCUT2D eigenvalue weighted by atomic mass is 32.2. The van der Waals surface area contributed by atoms with E-state index in [4.69, 9.17) is 4.74 Å². The molecule has 1 aromatic rings. The molecule has 4 nitrogen and oxygen atoms in total. The van der Waals surface area contributed by atoms with Crippen LogP contribution in [0.4, 0.5) is 0 Å². The Bertz CT molecular complexity index is 551. The molecule has 0 spiro atoms. The molecular formula is C15H22O4S. The number of aliphatic hydroxyl groups excluding tert-OH is 1. The maximum Gasteiger partial charge on any atom is 0.156 e. The number of hydrogen-bond donors (Lipinski definition) is 1. The molecule has 1 N–H and O–H groups in total. The van der Waals surface area contributed by atoms with Crippen LogP contribution in [0.15, 0.2) is 24.3 Å². The van der Waals surface area contributed by atoms with Crippen LogP contribution in [0.1, 0.15) is 44.8 Å². The monoisotopic (exact) mass is 298 g/mol. The Labute approximate surface area is 120 Å². The first-order valence-electron chi connectivity index (χ1n) is 7.06. The molecule has 2 rings (SSSR count). The molecule has 0 radical (unpaired) electrons. The van der Waals surface area contributed by atoms with Gasteiger partial charge in [-0.1, -0.05) is 18.6 Å². The van der Waals surface area contributed by atoms with E-state index in [0.717, 1.165) is 6.42 Å². The van der Waals surface area contributed by atoms with E-state index in [1.54, 1.807) is 18.2 Å². The van der Waals surface area contributed by atoms with Crippen molar-refractivity contribution in [1.82, 2.24) is 0 Å². The molecule has 1 heterocycles. The van der Waals surface area contributed by atoms with Gasteiger partial charge in [-0.3, -0.25) is 0 Å². The molecule has 0 aliphatic carbocycles. The highest BCUT2D eigenvalue weighted by Gasteiger charge is 2.35. The van der Waals surface area contributed by atoms with E-state index >= 15 is 0 Å². The van der Waals surface area contributed by atoms with E-state index < -0.39 is 21.2 Å². The molecular weight excluding hydrogens is 276 g/mol. The van der Waals surface area contributed by atoms with Gasteiger partial charge < -0.3 is 9.84 Å². The Hall–Kier alpha value is -1.07. The number of hydrogen-bond acceptors (Lipinski definition) is 4. The van der Waals surface area contributed by atoms with Gasteiger partial charge in [-0.2, -0.15) is 0 Å². The second-order valence-corrected chi connectivity index (χ2v) is 7.92. The van der Waals surface area contributed by atoms with Gasteiger partial charge in [0.25, 0.3) is 0 Å². The normalized spacial score (nSPS) is 23.5. The quantitative estimate of drug-likeness (QED) is 0.927. The number of benzene rings is 1. The van der Waals surface area contributed by atoms with Gasteiger partial charge in [0.2, 0.25) is 0 Å². The summed E-state index contributed by atoms with van der Waals surface area (Å²) < 4.78 is 29.7. The highest BCUT2D eigenvalue weighted by molar-refractivity contribution is 7.92. The van der Waals surface area contributed by atoms with Crippen LogP contribution < -0.4 is 4.74 Å². The van der Waals surface area contributed by atoms with Gasteiger partial charge in [0.1, 0.15) is 5.75 Å². The third-order valence-corrected chi connectivity index (χ3v) is 5.83. The number of aliphatic hydroxyl groups is 1. The Balaban J connectivity index is 2.22. The Morgan fingerprint density at radius 2 is 2.05 bits per heavy atom. The average Bonchev–Trinajstić information content (AvgIpc) is 2.37. The van der Waals surface area contributed by atoms with Gasteiger partial charge in [-0.15, -0.1) is 0 Å². The van der Waals surface area contributed by atoms with E-state index in [0.29, 0.717) is 24.2 Å². The fourth-order valence-corrected chi connectivity index (χ4v) is 4.58. The van der Waals surface area contributed by atoms with E-state index in [1.165, 1.54) is 0 Å². The summed E-state index contributed by atoms with van der Waals surface area (Å²) in [5.74, 6) is 0.835. The van der Waals surface area contributed by atoms with Crippen LogP contribution >= 0.6 is 0 Å². The third-order valence-electron chi connectivity index (χ3n) is 3.55. The molecule has 0 amide bonds. The molecule has 1 aliphatic heterocycles. The van der Waals surface area contributed by atoms with Gasteiger partial charge in [0, 0.05) is 0 Å². The van der Waals surface area contributed by atoms with Crippen molar-refractivity contribution in [2.24, 2.45) is 0 Å². The molecule has 0 saturated carbocycles. The second kappa shape index (κ2) is 6.14. The van der Waals surface area contributed by atoms with Crippen molar-refractivity contribution in [3.05, 3.63) is 29.8 Å². The zero-order valence-corrected chi connectivity index (χ0v) is 12.8. The van der Waals surface area contributed by atoms with Gasteiger partial charge in [0.05, 0.1) is 23.2 Å². The fraction of sp³-hybridized carbons (Fsp3) is 0.600. The lowest BCUT2D eigenvalue weighted by molar-refractivity contribution is 0.163. The first kappa shape index (κ1) is 15.3. The maximum atomic E-state index is 12.1. The maximum absolute atomic E-state index is 12.1. The predicted molar refractivity (Wildman–Crippen MR) is 78.6 cm³/mol. The Morgan fingerprint density at radius 3 is 2.70 bits per heavy atom. The smallest absolute Gasteiger partial charge is 0.156 e. The Kier molecular flexibility index (Phi) is 4.70. The lowest BCUT2D eigenvalue weighted by Gasteiger charge is -2.27. The summed E-state index contributed by atoms with van der Waals surface area (Å²) in [7, 11) is -3.20. The largest absolute Gasteiger partial charge is 0.491 e. The van der Waals surface area contributed by atoms with Crippen LogP contribution in [-0.4, -0.2) is 30.6 Å². The SMILES string of the molecule is CC(C)Oc1cccc(C(O)C2CCCCS2(=O)=O)c1. The molecule has 112 valence electrons. The molecule has 2 atom stereocenters. The lowest BCUT2D eigenvalue weighted by Crippen LogP contribution is -2.33. The third kappa shape index (κ3) is 3.52. The van der Waals surface area contributed by atoms with Gasteiger partial charge in [-0.25, -0.2) is 8.42 Å². The molecule has 1 aromatic carbocycles. The van der Waals surface area contributed by atoms with Crippen molar-refractivity contribution in [3.8, 4) is 5.75 Å². The van der Waals surface area contributed by atoms with Crippen LogP contribution in [0.3, 0.4) is 0 Å². The average molecular weight is 298 g/mol. The minimum absolute atomic E-state index is 0.0424.